The topological polar surface area (TPSA) is 0 Å². The van der Waals surface area contributed by atoms with Gasteiger partial charge in [0.15, 0.2) is 0 Å². The van der Waals surface area contributed by atoms with E-state index >= 15 is 0 Å². The van der Waals surface area contributed by atoms with E-state index in [0.29, 0.717) is 0 Å². The van der Waals surface area contributed by atoms with E-state index in [-0.39, 0.29) is 0 Å². The zero-order valence-electron chi connectivity index (χ0n) is 20.2. The predicted octanol–water partition coefficient (Wildman–Crippen LogP) is 7.78. The maximum atomic E-state index is 2.39. The first kappa shape index (κ1) is 22.5. The van der Waals surface area contributed by atoms with Crippen LogP contribution in [-0.4, -0.2) is 16.1 Å². The monoisotopic (exact) mass is 450 g/mol. The molecule has 4 aromatic carbocycles. The molecule has 0 aliphatic carbocycles. The van der Waals surface area contributed by atoms with Crippen LogP contribution in [0.5, 0.6) is 0 Å². The fourth-order valence-corrected chi connectivity index (χ4v) is 6.37. The number of benzene rings is 4. The molecular weight excluding hydrogens is 417 g/mol. The second-order valence-corrected chi connectivity index (χ2v) is 21.0. The second-order valence-electron chi connectivity index (χ2n) is 10.8. The van der Waals surface area contributed by atoms with E-state index in [0.717, 1.165) is 0 Å². The van der Waals surface area contributed by atoms with Crippen LogP contribution in [0.1, 0.15) is 0 Å². The van der Waals surface area contributed by atoms with Crippen molar-refractivity contribution in [3.05, 3.63) is 97.1 Å². The summed E-state index contributed by atoms with van der Waals surface area (Å²) in [5.41, 5.74) is 7.64. The van der Waals surface area contributed by atoms with Gasteiger partial charge in [-0.2, -0.15) is 0 Å². The lowest BCUT2D eigenvalue weighted by molar-refractivity contribution is 1.58. The minimum atomic E-state index is -1.25. The van der Waals surface area contributed by atoms with Crippen molar-refractivity contribution in [2.75, 3.05) is 0 Å². The lowest BCUT2D eigenvalue weighted by atomic mass is 9.98. The zero-order chi connectivity index (χ0) is 22.9. The minimum absolute atomic E-state index is 1.25. The molecule has 4 aromatic rings. The Morgan fingerprint density at radius 3 is 0.594 bits per heavy atom. The molecule has 0 aromatic heterocycles. The quantitative estimate of drug-likeness (QED) is 0.272. The molecule has 2 heteroatoms. The van der Waals surface area contributed by atoms with Crippen LogP contribution in [-0.2, 0) is 0 Å². The van der Waals surface area contributed by atoms with Crippen LogP contribution in [0.2, 0.25) is 39.3 Å². The molecule has 0 saturated carbocycles. The molecule has 0 nitrogen and oxygen atoms in total. The van der Waals surface area contributed by atoms with Crippen molar-refractivity contribution in [3.8, 4) is 33.4 Å². The van der Waals surface area contributed by atoms with Crippen LogP contribution < -0.4 is 10.4 Å². The predicted molar refractivity (Wildman–Crippen MR) is 149 cm³/mol. The lowest BCUT2D eigenvalue weighted by Gasteiger charge is -2.17. The average Bonchev–Trinajstić information content (AvgIpc) is 2.78. The van der Waals surface area contributed by atoms with Gasteiger partial charge in [0.1, 0.15) is 0 Å². The summed E-state index contributed by atoms with van der Waals surface area (Å²) in [5, 5.41) is 3.01. The fourth-order valence-electron chi connectivity index (χ4n) is 4.04. The van der Waals surface area contributed by atoms with Gasteiger partial charge in [0.2, 0.25) is 0 Å². The molecular formula is C30H34Si2. The number of hydrogen-bond donors (Lipinski definition) is 0. The van der Waals surface area contributed by atoms with Crippen molar-refractivity contribution in [3.63, 3.8) is 0 Å². The molecule has 4 rings (SSSR count). The van der Waals surface area contributed by atoms with Gasteiger partial charge in [0.25, 0.3) is 0 Å². The maximum absolute atomic E-state index is 2.39. The minimum Gasteiger partial charge on any atom is -0.0656 e. The Morgan fingerprint density at radius 1 is 0.281 bits per heavy atom. The summed E-state index contributed by atoms with van der Waals surface area (Å²) in [4.78, 5) is 0. The van der Waals surface area contributed by atoms with Gasteiger partial charge in [-0.3, -0.25) is 0 Å². The highest BCUT2D eigenvalue weighted by Gasteiger charge is 2.16. The standard InChI is InChI=1S/C30H34Si2/c1-31(2,3)29-19-15-27(16-20-29)25-11-7-23(8-12-25)24-9-13-26(14-10-24)28-17-21-30(22-18-28)32(4,5)6/h7-22H,1-6H3. The van der Waals surface area contributed by atoms with Crippen molar-refractivity contribution in [1.82, 2.24) is 0 Å². The molecule has 0 unspecified atom stereocenters. The molecule has 0 atom stereocenters. The van der Waals surface area contributed by atoms with Gasteiger partial charge >= 0.3 is 0 Å². The van der Waals surface area contributed by atoms with Gasteiger partial charge in [-0.1, -0.05) is 147 Å². The van der Waals surface area contributed by atoms with E-state index in [1.807, 2.05) is 0 Å². The first-order valence-electron chi connectivity index (χ1n) is 11.5. The van der Waals surface area contributed by atoms with Gasteiger partial charge in [-0.05, 0) is 33.4 Å². The highest BCUT2D eigenvalue weighted by atomic mass is 28.3. The Balaban J connectivity index is 1.51. The van der Waals surface area contributed by atoms with E-state index in [1.165, 1.54) is 43.8 Å². The van der Waals surface area contributed by atoms with Crippen LogP contribution >= 0.6 is 0 Å². The molecule has 0 radical (unpaired) electrons. The number of hydrogen-bond acceptors (Lipinski definition) is 0. The molecule has 0 N–H and O–H groups in total. The second kappa shape index (κ2) is 8.69. The van der Waals surface area contributed by atoms with Crippen LogP contribution in [0.25, 0.3) is 33.4 Å². The molecule has 0 saturated heterocycles. The molecule has 0 aliphatic heterocycles. The summed E-state index contributed by atoms with van der Waals surface area (Å²) in [5.74, 6) is 0. The van der Waals surface area contributed by atoms with Crippen LogP contribution in [0.15, 0.2) is 97.1 Å². The molecule has 0 amide bonds. The molecule has 0 spiro atoms. The van der Waals surface area contributed by atoms with Crippen LogP contribution in [0.3, 0.4) is 0 Å². The van der Waals surface area contributed by atoms with E-state index in [9.17, 15) is 0 Å². The molecule has 0 heterocycles. The third kappa shape index (κ3) is 5.03. The number of rotatable bonds is 5. The molecule has 0 bridgehead atoms. The molecule has 32 heavy (non-hydrogen) atoms. The summed E-state index contributed by atoms with van der Waals surface area (Å²) in [6, 6.07) is 36.2. The van der Waals surface area contributed by atoms with E-state index in [4.69, 9.17) is 0 Å². The Labute approximate surface area is 196 Å². The van der Waals surface area contributed by atoms with Gasteiger partial charge < -0.3 is 0 Å². The highest BCUT2D eigenvalue weighted by Crippen LogP contribution is 2.27. The van der Waals surface area contributed by atoms with Gasteiger partial charge in [0.05, 0.1) is 16.1 Å². The fraction of sp³-hybridized carbons (Fsp3) is 0.200. The van der Waals surface area contributed by atoms with Crippen molar-refractivity contribution < 1.29 is 0 Å². The third-order valence-electron chi connectivity index (χ3n) is 6.27. The lowest BCUT2D eigenvalue weighted by Crippen LogP contribution is -2.37. The van der Waals surface area contributed by atoms with Gasteiger partial charge in [-0.15, -0.1) is 0 Å². The summed E-state index contributed by atoms with van der Waals surface area (Å²) in [7, 11) is -2.50. The van der Waals surface area contributed by atoms with Crippen LogP contribution in [0.4, 0.5) is 0 Å². The van der Waals surface area contributed by atoms with Gasteiger partial charge in [0, 0.05) is 0 Å². The normalized spacial score (nSPS) is 12.1. The first-order valence-corrected chi connectivity index (χ1v) is 18.5. The Morgan fingerprint density at radius 2 is 0.438 bits per heavy atom. The van der Waals surface area contributed by atoms with E-state index < -0.39 is 16.1 Å². The van der Waals surface area contributed by atoms with Crippen molar-refractivity contribution in [1.29, 1.82) is 0 Å². The molecule has 162 valence electrons. The Kier molecular flexibility index (Phi) is 6.11. The van der Waals surface area contributed by atoms with Crippen molar-refractivity contribution in [2.45, 2.75) is 39.3 Å². The highest BCUT2D eigenvalue weighted by molar-refractivity contribution is 6.89. The SMILES string of the molecule is C[Si](C)(C)c1ccc(-c2ccc(-c3ccc(-c4ccc([Si](C)(C)C)cc4)cc3)cc2)cc1. The maximum Gasteiger partial charge on any atom is 0.0775 e. The van der Waals surface area contributed by atoms with Crippen LogP contribution in [0, 0.1) is 0 Å². The first-order chi connectivity index (χ1) is 15.1. The summed E-state index contributed by atoms with van der Waals surface area (Å²) in [6.07, 6.45) is 0. The average molecular weight is 451 g/mol. The summed E-state index contributed by atoms with van der Waals surface area (Å²) in [6.45, 7) is 14.4. The van der Waals surface area contributed by atoms with Crippen molar-refractivity contribution >= 4 is 26.5 Å². The molecule has 0 fully saturated rings. The van der Waals surface area contributed by atoms with Crippen molar-refractivity contribution in [2.24, 2.45) is 0 Å². The summed E-state index contributed by atoms with van der Waals surface area (Å²) < 4.78 is 0. The smallest absolute Gasteiger partial charge is 0.0656 e. The Bertz CT molecular complexity index is 1070. The van der Waals surface area contributed by atoms with Gasteiger partial charge in [-0.25, -0.2) is 0 Å². The Hall–Kier alpha value is -2.69. The van der Waals surface area contributed by atoms with E-state index in [2.05, 4.69) is 136 Å². The molecule has 0 aliphatic rings. The zero-order valence-corrected chi connectivity index (χ0v) is 22.2. The third-order valence-corrected chi connectivity index (χ3v) is 10.4. The summed E-state index contributed by atoms with van der Waals surface area (Å²) >= 11 is 0. The van der Waals surface area contributed by atoms with E-state index in [1.54, 1.807) is 0 Å². The largest absolute Gasteiger partial charge is 0.0775 e.